The van der Waals surface area contributed by atoms with E-state index in [1.54, 1.807) is 0 Å². The Morgan fingerprint density at radius 1 is 1.31 bits per heavy atom. The first-order valence-corrected chi connectivity index (χ1v) is 5.78. The SMILES string of the molecule is CCOCC(O)CN[C@@H](C)c1ccccc1. The van der Waals surface area contributed by atoms with Crippen molar-refractivity contribution in [2.75, 3.05) is 19.8 Å². The van der Waals surface area contributed by atoms with Crippen molar-refractivity contribution in [3.8, 4) is 0 Å². The van der Waals surface area contributed by atoms with Crippen molar-refractivity contribution in [2.45, 2.75) is 26.0 Å². The molecule has 1 rings (SSSR count). The third-order valence-corrected chi connectivity index (χ3v) is 2.47. The Labute approximate surface area is 97.4 Å². The Kier molecular flexibility index (Phi) is 6.08. The highest BCUT2D eigenvalue weighted by molar-refractivity contribution is 5.17. The summed E-state index contributed by atoms with van der Waals surface area (Å²) >= 11 is 0. The number of aliphatic hydroxyl groups excluding tert-OH is 1. The molecule has 0 radical (unpaired) electrons. The zero-order valence-electron chi connectivity index (χ0n) is 10.0. The minimum Gasteiger partial charge on any atom is -0.389 e. The van der Waals surface area contributed by atoms with Gasteiger partial charge >= 0.3 is 0 Å². The van der Waals surface area contributed by atoms with Gasteiger partial charge in [-0.25, -0.2) is 0 Å². The van der Waals surface area contributed by atoms with E-state index in [2.05, 4.69) is 24.4 Å². The van der Waals surface area contributed by atoms with Gasteiger partial charge in [0, 0.05) is 19.2 Å². The molecule has 0 amide bonds. The molecule has 16 heavy (non-hydrogen) atoms. The van der Waals surface area contributed by atoms with Crippen LogP contribution in [0.5, 0.6) is 0 Å². The molecule has 0 aliphatic rings. The molecule has 0 aliphatic heterocycles. The van der Waals surface area contributed by atoms with Crippen LogP contribution in [0.4, 0.5) is 0 Å². The number of nitrogens with one attached hydrogen (secondary N) is 1. The highest BCUT2D eigenvalue weighted by Gasteiger charge is 2.07. The second-order valence-electron chi connectivity index (χ2n) is 3.85. The van der Waals surface area contributed by atoms with Crippen LogP contribution in [0.2, 0.25) is 0 Å². The smallest absolute Gasteiger partial charge is 0.0897 e. The Bertz CT molecular complexity index is 277. The summed E-state index contributed by atoms with van der Waals surface area (Å²) in [5.41, 5.74) is 1.23. The molecule has 0 aromatic heterocycles. The van der Waals surface area contributed by atoms with Crippen molar-refractivity contribution in [3.63, 3.8) is 0 Å². The lowest BCUT2D eigenvalue weighted by molar-refractivity contribution is 0.0416. The summed E-state index contributed by atoms with van der Waals surface area (Å²) in [6.07, 6.45) is -0.439. The first kappa shape index (κ1) is 13.2. The van der Waals surface area contributed by atoms with Crippen molar-refractivity contribution in [1.29, 1.82) is 0 Å². The molecule has 0 fully saturated rings. The van der Waals surface area contributed by atoms with E-state index in [0.717, 1.165) is 0 Å². The molecule has 0 aliphatic carbocycles. The van der Waals surface area contributed by atoms with Crippen LogP contribution in [0.1, 0.15) is 25.5 Å². The summed E-state index contributed by atoms with van der Waals surface area (Å²) in [7, 11) is 0. The highest BCUT2D eigenvalue weighted by Crippen LogP contribution is 2.10. The third-order valence-electron chi connectivity index (χ3n) is 2.47. The second-order valence-corrected chi connectivity index (χ2v) is 3.85. The maximum Gasteiger partial charge on any atom is 0.0897 e. The number of aliphatic hydroxyl groups is 1. The van der Waals surface area contributed by atoms with Crippen LogP contribution in [0.15, 0.2) is 30.3 Å². The first-order valence-electron chi connectivity index (χ1n) is 5.78. The molecule has 0 heterocycles. The fourth-order valence-electron chi connectivity index (χ4n) is 1.49. The molecule has 0 saturated heterocycles. The molecule has 1 unspecified atom stereocenters. The number of benzene rings is 1. The van der Waals surface area contributed by atoms with Crippen molar-refractivity contribution >= 4 is 0 Å². The van der Waals surface area contributed by atoms with E-state index >= 15 is 0 Å². The molecule has 2 atom stereocenters. The van der Waals surface area contributed by atoms with E-state index < -0.39 is 6.10 Å². The molecule has 90 valence electrons. The Morgan fingerprint density at radius 3 is 2.62 bits per heavy atom. The summed E-state index contributed by atoms with van der Waals surface area (Å²) in [4.78, 5) is 0. The number of hydrogen-bond acceptors (Lipinski definition) is 3. The molecule has 0 saturated carbocycles. The van der Waals surface area contributed by atoms with Crippen LogP contribution in [-0.4, -0.2) is 31.0 Å². The Balaban J connectivity index is 2.27. The molecule has 2 N–H and O–H groups in total. The van der Waals surface area contributed by atoms with E-state index in [-0.39, 0.29) is 6.04 Å². The quantitative estimate of drug-likeness (QED) is 0.739. The number of rotatable bonds is 7. The second kappa shape index (κ2) is 7.39. The van der Waals surface area contributed by atoms with Gasteiger partial charge in [0.15, 0.2) is 0 Å². The third kappa shape index (κ3) is 4.75. The van der Waals surface area contributed by atoms with Crippen LogP contribution >= 0.6 is 0 Å². The minimum atomic E-state index is -0.439. The Morgan fingerprint density at radius 2 is 2.00 bits per heavy atom. The lowest BCUT2D eigenvalue weighted by Crippen LogP contribution is -2.32. The lowest BCUT2D eigenvalue weighted by Gasteiger charge is -2.17. The summed E-state index contributed by atoms with van der Waals surface area (Å²) in [6, 6.07) is 10.4. The molecule has 0 spiro atoms. The van der Waals surface area contributed by atoms with E-state index in [1.807, 2.05) is 25.1 Å². The molecular formula is C13H21NO2. The first-order chi connectivity index (χ1) is 7.74. The van der Waals surface area contributed by atoms with Gasteiger partial charge < -0.3 is 15.2 Å². The fraction of sp³-hybridized carbons (Fsp3) is 0.538. The molecule has 3 heteroatoms. The lowest BCUT2D eigenvalue weighted by atomic mass is 10.1. The summed E-state index contributed by atoms with van der Waals surface area (Å²) < 4.78 is 5.14. The molecule has 1 aromatic carbocycles. The predicted molar refractivity (Wildman–Crippen MR) is 65.4 cm³/mol. The predicted octanol–water partition coefficient (Wildman–Crippen LogP) is 1.73. The molecule has 0 bridgehead atoms. The minimum absolute atomic E-state index is 0.248. The topological polar surface area (TPSA) is 41.5 Å². The van der Waals surface area contributed by atoms with Gasteiger partial charge in [-0.2, -0.15) is 0 Å². The standard InChI is InChI=1S/C13H21NO2/c1-3-16-10-13(15)9-14-11(2)12-7-5-4-6-8-12/h4-8,11,13-15H,3,9-10H2,1-2H3/t11-,13?/m0/s1. The van der Waals surface area contributed by atoms with E-state index in [1.165, 1.54) is 5.56 Å². The van der Waals surface area contributed by atoms with Crippen molar-refractivity contribution in [3.05, 3.63) is 35.9 Å². The molecule has 1 aromatic rings. The molecular weight excluding hydrogens is 202 g/mol. The van der Waals surface area contributed by atoms with Crippen molar-refractivity contribution in [2.24, 2.45) is 0 Å². The monoisotopic (exact) mass is 223 g/mol. The van der Waals surface area contributed by atoms with Crippen LogP contribution < -0.4 is 5.32 Å². The highest BCUT2D eigenvalue weighted by atomic mass is 16.5. The van der Waals surface area contributed by atoms with Crippen LogP contribution in [-0.2, 0) is 4.74 Å². The van der Waals surface area contributed by atoms with Crippen LogP contribution in [0.3, 0.4) is 0 Å². The van der Waals surface area contributed by atoms with E-state index in [4.69, 9.17) is 4.74 Å². The van der Waals surface area contributed by atoms with E-state index in [9.17, 15) is 5.11 Å². The van der Waals surface area contributed by atoms with Gasteiger partial charge in [0.05, 0.1) is 12.7 Å². The van der Waals surface area contributed by atoms with Gasteiger partial charge in [-0.1, -0.05) is 30.3 Å². The zero-order chi connectivity index (χ0) is 11.8. The largest absolute Gasteiger partial charge is 0.389 e. The Hall–Kier alpha value is -0.900. The van der Waals surface area contributed by atoms with Gasteiger partial charge in [0.1, 0.15) is 0 Å². The maximum absolute atomic E-state index is 9.59. The average Bonchev–Trinajstić information content (AvgIpc) is 2.34. The summed E-state index contributed by atoms with van der Waals surface area (Å²) in [5.74, 6) is 0. The maximum atomic E-state index is 9.59. The van der Waals surface area contributed by atoms with E-state index in [0.29, 0.717) is 19.8 Å². The normalized spacial score (nSPS) is 14.7. The van der Waals surface area contributed by atoms with Crippen LogP contribution in [0, 0.1) is 0 Å². The summed E-state index contributed by atoms with van der Waals surface area (Å²) in [6.45, 7) is 5.60. The number of hydrogen-bond donors (Lipinski definition) is 2. The fourth-order valence-corrected chi connectivity index (χ4v) is 1.49. The van der Waals surface area contributed by atoms with Gasteiger partial charge in [-0.05, 0) is 19.4 Å². The van der Waals surface area contributed by atoms with Gasteiger partial charge in [0.25, 0.3) is 0 Å². The summed E-state index contributed by atoms with van der Waals surface area (Å²) in [5, 5.41) is 12.9. The van der Waals surface area contributed by atoms with Crippen molar-refractivity contribution in [1.82, 2.24) is 5.32 Å². The van der Waals surface area contributed by atoms with Gasteiger partial charge in [-0.3, -0.25) is 0 Å². The van der Waals surface area contributed by atoms with Crippen molar-refractivity contribution < 1.29 is 9.84 Å². The number of ether oxygens (including phenoxy) is 1. The zero-order valence-corrected chi connectivity index (χ0v) is 10.0. The van der Waals surface area contributed by atoms with Crippen LogP contribution in [0.25, 0.3) is 0 Å². The average molecular weight is 223 g/mol. The van der Waals surface area contributed by atoms with Gasteiger partial charge in [-0.15, -0.1) is 0 Å². The molecule has 3 nitrogen and oxygen atoms in total. The van der Waals surface area contributed by atoms with Gasteiger partial charge in [0.2, 0.25) is 0 Å².